The fourth-order valence-electron chi connectivity index (χ4n) is 1.01. The Bertz CT molecular complexity index is 426. The number of carbonyl (C=O) groups is 1. The predicted molar refractivity (Wildman–Crippen MR) is 60.6 cm³/mol. The third-order valence-electron chi connectivity index (χ3n) is 1.65. The van der Waals surface area contributed by atoms with Gasteiger partial charge in [0.2, 0.25) is 0 Å². The number of alkyl halides is 1. The van der Waals surface area contributed by atoms with E-state index in [1.54, 1.807) is 6.07 Å². The van der Waals surface area contributed by atoms with E-state index in [-0.39, 0.29) is 22.8 Å². The van der Waals surface area contributed by atoms with E-state index >= 15 is 0 Å². The Morgan fingerprint density at radius 2 is 2.29 bits per heavy atom. The Morgan fingerprint density at radius 3 is 2.79 bits per heavy atom. The van der Waals surface area contributed by atoms with Gasteiger partial charge in [-0.2, -0.15) is 5.26 Å². The molecule has 0 bridgehead atoms. The summed E-state index contributed by atoms with van der Waals surface area (Å²) in [6, 6.07) is 4.89. The van der Waals surface area contributed by atoms with Crippen LogP contribution in [0.5, 0.6) is 5.75 Å². The molecule has 0 heterocycles. The van der Waals surface area contributed by atoms with E-state index in [2.05, 4.69) is 0 Å². The fraction of sp³-hybridized carbons (Fsp3) is 0.111. The number of nitriles is 1. The largest absolute Gasteiger partial charge is 0.506 e. The minimum absolute atomic E-state index is 0.00870. The first-order chi connectivity index (χ1) is 6.61. The first kappa shape index (κ1) is 11.3. The second-order valence-corrected chi connectivity index (χ2v) is 3.92. The molecule has 1 rings (SSSR count). The molecule has 14 heavy (non-hydrogen) atoms. The molecule has 3 nitrogen and oxygen atoms in total. The number of nitrogens with zero attached hydrogens (tertiary/aromatic N) is 1. The van der Waals surface area contributed by atoms with Crippen LogP contribution in [0.3, 0.4) is 0 Å². The number of Topliss-reactive ketones (excluding diaryl/α,β-unsaturated/α-hetero) is 1. The van der Waals surface area contributed by atoms with Crippen molar-refractivity contribution < 1.29 is 9.90 Å². The molecule has 0 aliphatic heterocycles. The summed E-state index contributed by atoms with van der Waals surface area (Å²) in [5.74, 6) is -0.864. The van der Waals surface area contributed by atoms with Crippen LogP contribution in [0.4, 0.5) is 0 Å². The van der Waals surface area contributed by atoms with Gasteiger partial charge in [0.25, 0.3) is 0 Å². The Labute approximate surface area is 99.4 Å². The zero-order chi connectivity index (χ0) is 10.7. The van der Waals surface area contributed by atoms with Crippen molar-refractivity contribution in [3.8, 4) is 11.8 Å². The summed E-state index contributed by atoms with van der Waals surface area (Å²) in [6.07, 6.45) is 0. The maximum atomic E-state index is 11.3. The molecular weight excluding hydrogens is 316 g/mol. The minimum Gasteiger partial charge on any atom is -0.506 e. The lowest BCUT2D eigenvalue weighted by molar-refractivity contribution is 0.101. The van der Waals surface area contributed by atoms with Gasteiger partial charge in [-0.15, -0.1) is 11.6 Å². The van der Waals surface area contributed by atoms with Crippen LogP contribution in [-0.4, -0.2) is 16.8 Å². The molecule has 0 saturated carbocycles. The van der Waals surface area contributed by atoms with Gasteiger partial charge in [0.1, 0.15) is 11.8 Å². The highest BCUT2D eigenvalue weighted by molar-refractivity contribution is 14.1. The molecule has 0 aliphatic carbocycles. The molecule has 0 amide bonds. The molecule has 0 unspecified atom stereocenters. The highest BCUT2D eigenvalue weighted by Crippen LogP contribution is 2.27. The number of rotatable bonds is 2. The normalized spacial score (nSPS) is 9.50. The number of hydrogen-bond donors (Lipinski definition) is 1. The summed E-state index contributed by atoms with van der Waals surface area (Å²) in [5.41, 5.74) is 0.156. The Balaban J connectivity index is 3.45. The topological polar surface area (TPSA) is 61.1 Å². The molecule has 0 aromatic heterocycles. The summed E-state index contributed by atoms with van der Waals surface area (Å²) in [6.45, 7) is 0. The van der Waals surface area contributed by atoms with Crippen molar-refractivity contribution in [3.05, 3.63) is 26.8 Å². The van der Waals surface area contributed by atoms with Crippen molar-refractivity contribution in [1.82, 2.24) is 0 Å². The van der Waals surface area contributed by atoms with E-state index in [1.807, 2.05) is 28.7 Å². The molecule has 0 atom stereocenters. The van der Waals surface area contributed by atoms with E-state index in [4.69, 9.17) is 16.9 Å². The summed E-state index contributed by atoms with van der Waals surface area (Å²) in [4.78, 5) is 11.3. The van der Waals surface area contributed by atoms with Crippen LogP contribution in [0.25, 0.3) is 0 Å². The van der Waals surface area contributed by atoms with Gasteiger partial charge in [-0.05, 0) is 34.7 Å². The lowest BCUT2D eigenvalue weighted by Crippen LogP contribution is -2.04. The van der Waals surface area contributed by atoms with Crippen molar-refractivity contribution in [3.63, 3.8) is 0 Å². The standard InChI is InChI=1S/C9H5ClINO2/c10-3-7(13)8-5(4-12)1-2-6(11)9(8)14/h1-2,14H,3H2. The van der Waals surface area contributed by atoms with Crippen LogP contribution in [0, 0.1) is 14.9 Å². The summed E-state index contributed by atoms with van der Waals surface area (Å²) >= 11 is 7.25. The van der Waals surface area contributed by atoms with E-state index < -0.39 is 5.78 Å². The van der Waals surface area contributed by atoms with Crippen LogP contribution in [0.2, 0.25) is 0 Å². The fourth-order valence-corrected chi connectivity index (χ4v) is 1.59. The number of ketones is 1. The molecule has 1 aromatic rings. The molecule has 1 aromatic carbocycles. The highest BCUT2D eigenvalue weighted by atomic mass is 127. The lowest BCUT2D eigenvalue weighted by atomic mass is 10.0. The molecule has 0 fully saturated rings. The van der Waals surface area contributed by atoms with E-state index in [0.717, 1.165) is 0 Å². The predicted octanol–water partition coefficient (Wildman–Crippen LogP) is 2.29. The van der Waals surface area contributed by atoms with Gasteiger partial charge in [0.15, 0.2) is 5.78 Å². The third-order valence-corrected chi connectivity index (χ3v) is 2.76. The first-order valence-corrected chi connectivity index (χ1v) is 5.24. The highest BCUT2D eigenvalue weighted by Gasteiger charge is 2.17. The number of halogens is 2. The number of aromatic hydroxyl groups is 1. The molecule has 5 heteroatoms. The second kappa shape index (κ2) is 4.62. The average Bonchev–Trinajstić information content (AvgIpc) is 2.20. The summed E-state index contributed by atoms with van der Waals surface area (Å²) in [7, 11) is 0. The average molecular weight is 322 g/mol. The Hall–Kier alpha value is -0.800. The van der Waals surface area contributed by atoms with Crippen molar-refractivity contribution in [2.45, 2.75) is 0 Å². The van der Waals surface area contributed by atoms with Gasteiger partial charge in [-0.3, -0.25) is 4.79 Å². The van der Waals surface area contributed by atoms with Crippen LogP contribution in [-0.2, 0) is 0 Å². The third kappa shape index (κ3) is 1.99. The number of phenols is 1. The van der Waals surface area contributed by atoms with E-state index in [9.17, 15) is 9.90 Å². The monoisotopic (exact) mass is 321 g/mol. The minimum atomic E-state index is -0.445. The van der Waals surface area contributed by atoms with Crippen LogP contribution in [0.1, 0.15) is 15.9 Å². The molecule has 0 saturated heterocycles. The van der Waals surface area contributed by atoms with Crippen molar-refractivity contribution >= 4 is 40.0 Å². The van der Waals surface area contributed by atoms with E-state index in [0.29, 0.717) is 3.57 Å². The molecule has 0 spiro atoms. The molecule has 72 valence electrons. The van der Waals surface area contributed by atoms with Crippen molar-refractivity contribution in [1.29, 1.82) is 5.26 Å². The van der Waals surface area contributed by atoms with E-state index in [1.165, 1.54) is 6.07 Å². The molecule has 1 N–H and O–H groups in total. The summed E-state index contributed by atoms with van der Waals surface area (Å²) in [5, 5.41) is 18.3. The van der Waals surface area contributed by atoms with Gasteiger partial charge in [-0.25, -0.2) is 0 Å². The molecule has 0 aliphatic rings. The van der Waals surface area contributed by atoms with Gasteiger partial charge in [0.05, 0.1) is 20.6 Å². The maximum absolute atomic E-state index is 11.3. The Kier molecular flexibility index (Phi) is 3.72. The molecule has 0 radical (unpaired) electrons. The van der Waals surface area contributed by atoms with Crippen molar-refractivity contribution in [2.24, 2.45) is 0 Å². The zero-order valence-electron chi connectivity index (χ0n) is 6.92. The lowest BCUT2D eigenvalue weighted by Gasteiger charge is -2.05. The quantitative estimate of drug-likeness (QED) is 0.516. The number of hydrogen-bond acceptors (Lipinski definition) is 3. The Morgan fingerprint density at radius 1 is 1.64 bits per heavy atom. The number of benzene rings is 1. The maximum Gasteiger partial charge on any atom is 0.182 e. The first-order valence-electron chi connectivity index (χ1n) is 3.62. The SMILES string of the molecule is N#Cc1ccc(I)c(O)c1C(=O)CCl. The van der Waals surface area contributed by atoms with Gasteiger partial charge in [0, 0.05) is 0 Å². The zero-order valence-corrected chi connectivity index (χ0v) is 9.83. The van der Waals surface area contributed by atoms with Gasteiger partial charge < -0.3 is 5.11 Å². The van der Waals surface area contributed by atoms with Crippen LogP contribution >= 0.6 is 34.2 Å². The molecular formula is C9H5ClINO2. The van der Waals surface area contributed by atoms with Gasteiger partial charge in [-0.1, -0.05) is 0 Å². The van der Waals surface area contributed by atoms with Crippen molar-refractivity contribution in [2.75, 3.05) is 5.88 Å². The van der Waals surface area contributed by atoms with Gasteiger partial charge >= 0.3 is 0 Å². The smallest absolute Gasteiger partial charge is 0.182 e. The van der Waals surface area contributed by atoms with Crippen LogP contribution in [0.15, 0.2) is 12.1 Å². The second-order valence-electron chi connectivity index (χ2n) is 2.49. The van der Waals surface area contributed by atoms with Crippen LogP contribution < -0.4 is 0 Å². The number of phenolic OH excluding ortho intramolecular Hbond substituents is 1. The summed E-state index contributed by atoms with van der Waals surface area (Å²) < 4.78 is 0.523. The number of carbonyl (C=O) groups excluding carboxylic acids is 1.